The first kappa shape index (κ1) is 13.3. The molecule has 0 spiro atoms. The Morgan fingerprint density at radius 2 is 1.79 bits per heavy atom. The summed E-state index contributed by atoms with van der Waals surface area (Å²) in [6.07, 6.45) is 3.18. The first-order chi connectivity index (χ1) is 6.45. The molecule has 82 valence electrons. The van der Waals surface area contributed by atoms with E-state index >= 15 is 0 Å². The minimum Gasteiger partial charge on any atom is -0.371 e. The Balaban J connectivity index is 4.06. The highest BCUT2D eigenvalue weighted by atomic mass is 16.5. The van der Waals surface area contributed by atoms with E-state index in [-0.39, 0.29) is 5.78 Å². The van der Waals surface area contributed by atoms with Crippen molar-refractivity contribution in [2.75, 3.05) is 7.11 Å². The van der Waals surface area contributed by atoms with E-state index < -0.39 is 11.4 Å². The number of hydrogen-bond donors (Lipinski definition) is 0. The molecule has 0 saturated carbocycles. The van der Waals surface area contributed by atoms with E-state index in [1.165, 1.54) is 7.11 Å². The van der Waals surface area contributed by atoms with Crippen LogP contribution < -0.4 is 0 Å². The summed E-state index contributed by atoms with van der Waals surface area (Å²) in [7, 11) is 1.44. The topological polar surface area (TPSA) is 43.4 Å². The van der Waals surface area contributed by atoms with Crippen LogP contribution in [0.4, 0.5) is 0 Å². The minimum absolute atomic E-state index is 0.315. The average molecular weight is 200 g/mol. The van der Waals surface area contributed by atoms with Crippen molar-refractivity contribution >= 4 is 11.6 Å². The Labute approximate surface area is 85.8 Å². The van der Waals surface area contributed by atoms with Gasteiger partial charge in [0.2, 0.25) is 11.6 Å². The molecule has 0 N–H and O–H groups in total. The first-order valence-corrected chi connectivity index (χ1v) is 5.08. The Morgan fingerprint density at radius 3 is 2.21 bits per heavy atom. The maximum absolute atomic E-state index is 11.5. The monoisotopic (exact) mass is 200 g/mol. The molecular weight excluding hydrogens is 180 g/mol. The quantitative estimate of drug-likeness (QED) is 0.467. The molecule has 0 amide bonds. The molecule has 0 saturated heterocycles. The van der Waals surface area contributed by atoms with E-state index in [2.05, 4.69) is 6.92 Å². The standard InChI is InChI=1S/C11H20O3/c1-5-6-7-8-9(12)10(13)11(2,3)14-4/h5-8H2,1-4H3. The number of hydrogen-bond acceptors (Lipinski definition) is 3. The lowest BCUT2D eigenvalue weighted by Gasteiger charge is -2.19. The summed E-state index contributed by atoms with van der Waals surface area (Å²) >= 11 is 0. The SMILES string of the molecule is CCCCCC(=O)C(=O)C(C)(C)OC. The second kappa shape index (κ2) is 5.91. The molecule has 0 fully saturated rings. The van der Waals surface area contributed by atoms with E-state index in [0.29, 0.717) is 6.42 Å². The van der Waals surface area contributed by atoms with Gasteiger partial charge in [-0.2, -0.15) is 0 Å². The number of unbranched alkanes of at least 4 members (excludes halogenated alkanes) is 2. The maximum atomic E-state index is 11.5. The van der Waals surface area contributed by atoms with E-state index in [0.717, 1.165) is 19.3 Å². The molecule has 0 unspecified atom stereocenters. The molecule has 0 aromatic carbocycles. The van der Waals surface area contributed by atoms with Gasteiger partial charge in [0.05, 0.1) is 0 Å². The molecule has 0 bridgehead atoms. The number of ether oxygens (including phenoxy) is 1. The number of carbonyl (C=O) groups is 2. The van der Waals surface area contributed by atoms with Crippen LogP contribution in [0.5, 0.6) is 0 Å². The third kappa shape index (κ3) is 4.01. The highest BCUT2D eigenvalue weighted by Crippen LogP contribution is 2.12. The molecule has 0 aromatic heterocycles. The number of methoxy groups -OCH3 is 1. The van der Waals surface area contributed by atoms with Crippen LogP contribution in [0.1, 0.15) is 46.5 Å². The van der Waals surface area contributed by atoms with Gasteiger partial charge >= 0.3 is 0 Å². The predicted octanol–water partition coefficient (Wildman–Crippen LogP) is 2.13. The fourth-order valence-electron chi connectivity index (χ4n) is 1.08. The summed E-state index contributed by atoms with van der Waals surface area (Å²) in [5.74, 6) is -0.735. The third-order valence-corrected chi connectivity index (χ3v) is 2.32. The van der Waals surface area contributed by atoms with Gasteiger partial charge in [-0.1, -0.05) is 19.8 Å². The highest BCUT2D eigenvalue weighted by molar-refractivity contribution is 6.40. The van der Waals surface area contributed by atoms with Crippen molar-refractivity contribution in [3.63, 3.8) is 0 Å². The Morgan fingerprint density at radius 1 is 1.21 bits per heavy atom. The number of Topliss-reactive ketones (excluding diaryl/α,β-unsaturated/α-hetero) is 2. The van der Waals surface area contributed by atoms with Gasteiger partial charge in [0.15, 0.2) is 0 Å². The number of carbonyl (C=O) groups excluding carboxylic acids is 2. The normalized spacial score (nSPS) is 11.4. The lowest BCUT2D eigenvalue weighted by Crippen LogP contribution is -2.39. The smallest absolute Gasteiger partial charge is 0.229 e. The molecule has 0 aromatic rings. The summed E-state index contributed by atoms with van der Waals surface area (Å²) in [6, 6.07) is 0. The molecule has 0 aliphatic rings. The molecular formula is C11H20O3. The zero-order valence-electron chi connectivity index (χ0n) is 9.55. The summed E-state index contributed by atoms with van der Waals surface area (Å²) in [5, 5.41) is 0. The number of ketones is 2. The Bertz CT molecular complexity index is 207. The van der Waals surface area contributed by atoms with Crippen molar-refractivity contribution in [3.8, 4) is 0 Å². The summed E-state index contributed by atoms with van der Waals surface area (Å²) < 4.78 is 4.96. The largest absolute Gasteiger partial charge is 0.371 e. The summed E-state index contributed by atoms with van der Waals surface area (Å²) in [6.45, 7) is 5.30. The zero-order valence-corrected chi connectivity index (χ0v) is 9.55. The number of rotatable bonds is 7. The fourth-order valence-corrected chi connectivity index (χ4v) is 1.08. The van der Waals surface area contributed by atoms with Crippen LogP contribution in [-0.2, 0) is 14.3 Å². The molecule has 3 nitrogen and oxygen atoms in total. The zero-order chi connectivity index (χ0) is 11.2. The van der Waals surface area contributed by atoms with Gasteiger partial charge in [0, 0.05) is 13.5 Å². The van der Waals surface area contributed by atoms with Crippen LogP contribution in [0, 0.1) is 0 Å². The molecule has 0 aliphatic heterocycles. The first-order valence-electron chi connectivity index (χ1n) is 5.08. The van der Waals surface area contributed by atoms with Crippen LogP contribution in [0.2, 0.25) is 0 Å². The van der Waals surface area contributed by atoms with E-state index in [1.54, 1.807) is 13.8 Å². The van der Waals surface area contributed by atoms with Crippen molar-refractivity contribution in [1.82, 2.24) is 0 Å². The summed E-state index contributed by atoms with van der Waals surface area (Å²) in [4.78, 5) is 22.9. The minimum atomic E-state index is -0.969. The van der Waals surface area contributed by atoms with Crippen LogP contribution in [-0.4, -0.2) is 24.3 Å². The van der Waals surface area contributed by atoms with Crippen LogP contribution in [0.25, 0.3) is 0 Å². The van der Waals surface area contributed by atoms with Crippen LogP contribution in [0.3, 0.4) is 0 Å². The van der Waals surface area contributed by atoms with Crippen LogP contribution in [0.15, 0.2) is 0 Å². The Hall–Kier alpha value is -0.700. The molecule has 0 heterocycles. The lowest BCUT2D eigenvalue weighted by atomic mass is 9.97. The predicted molar refractivity (Wildman–Crippen MR) is 55.2 cm³/mol. The van der Waals surface area contributed by atoms with Crippen molar-refractivity contribution in [2.24, 2.45) is 0 Å². The van der Waals surface area contributed by atoms with Gasteiger partial charge in [0.1, 0.15) is 5.60 Å². The van der Waals surface area contributed by atoms with Gasteiger partial charge in [-0.15, -0.1) is 0 Å². The van der Waals surface area contributed by atoms with Crippen molar-refractivity contribution in [3.05, 3.63) is 0 Å². The highest BCUT2D eigenvalue weighted by Gasteiger charge is 2.31. The van der Waals surface area contributed by atoms with E-state index in [4.69, 9.17) is 4.74 Å². The summed E-state index contributed by atoms with van der Waals surface area (Å²) in [5.41, 5.74) is -0.969. The third-order valence-electron chi connectivity index (χ3n) is 2.32. The average Bonchev–Trinajstić information content (AvgIpc) is 2.17. The molecule has 3 heteroatoms. The van der Waals surface area contributed by atoms with E-state index in [1.807, 2.05) is 0 Å². The molecule has 0 rings (SSSR count). The van der Waals surface area contributed by atoms with Crippen molar-refractivity contribution in [1.29, 1.82) is 0 Å². The van der Waals surface area contributed by atoms with Crippen LogP contribution >= 0.6 is 0 Å². The van der Waals surface area contributed by atoms with E-state index in [9.17, 15) is 9.59 Å². The van der Waals surface area contributed by atoms with Crippen molar-refractivity contribution < 1.29 is 14.3 Å². The van der Waals surface area contributed by atoms with Gasteiger partial charge in [-0.25, -0.2) is 0 Å². The molecule has 0 aliphatic carbocycles. The molecule has 0 radical (unpaired) electrons. The van der Waals surface area contributed by atoms with Gasteiger partial charge in [0.25, 0.3) is 0 Å². The van der Waals surface area contributed by atoms with Crippen molar-refractivity contribution in [2.45, 2.75) is 52.1 Å². The van der Waals surface area contributed by atoms with Gasteiger partial charge in [-0.05, 0) is 20.3 Å². The second-order valence-corrected chi connectivity index (χ2v) is 3.92. The molecule has 14 heavy (non-hydrogen) atoms. The van der Waals surface area contributed by atoms with Gasteiger partial charge in [-0.3, -0.25) is 9.59 Å². The van der Waals surface area contributed by atoms with Gasteiger partial charge < -0.3 is 4.74 Å². The lowest BCUT2D eigenvalue weighted by molar-refractivity contribution is -0.148. The maximum Gasteiger partial charge on any atom is 0.229 e. The Kier molecular flexibility index (Phi) is 5.62. The molecule has 0 atom stereocenters. The second-order valence-electron chi connectivity index (χ2n) is 3.92. The fraction of sp³-hybridized carbons (Fsp3) is 0.818.